The summed E-state index contributed by atoms with van der Waals surface area (Å²) in [6, 6.07) is 11.9. The minimum absolute atomic E-state index is 0.0115. The zero-order valence-corrected chi connectivity index (χ0v) is 12.4. The number of methoxy groups -OCH3 is 1. The fourth-order valence-electron chi connectivity index (χ4n) is 2.16. The highest BCUT2D eigenvalue weighted by Gasteiger charge is 2.30. The zero-order chi connectivity index (χ0) is 16.2. The van der Waals surface area contributed by atoms with Crippen molar-refractivity contribution in [3.05, 3.63) is 71.3 Å². The number of nitrogens with one attached hydrogen (secondary N) is 1. The Morgan fingerprint density at radius 2 is 1.68 bits per heavy atom. The topological polar surface area (TPSA) is 38.3 Å². The molecule has 2 aromatic carbocycles. The average Bonchev–Trinajstić information content (AvgIpc) is 2.53. The number of halogens is 2. The van der Waals surface area contributed by atoms with Crippen molar-refractivity contribution in [1.82, 2.24) is 5.32 Å². The van der Waals surface area contributed by atoms with Crippen LogP contribution in [-0.2, 0) is 10.3 Å². The molecule has 0 radical (unpaired) electrons. The van der Waals surface area contributed by atoms with Crippen molar-refractivity contribution >= 4 is 5.91 Å². The van der Waals surface area contributed by atoms with Gasteiger partial charge in [-0.3, -0.25) is 4.79 Å². The second-order valence-electron chi connectivity index (χ2n) is 5.08. The maximum absolute atomic E-state index is 13.9. The van der Waals surface area contributed by atoms with Crippen LogP contribution in [0.3, 0.4) is 0 Å². The second-order valence-corrected chi connectivity index (χ2v) is 5.08. The summed E-state index contributed by atoms with van der Waals surface area (Å²) in [7, 11) is 1.43. The Hall–Kier alpha value is -2.27. The standard InChI is InChI=1S/C17H17F2NO2/c1-17(22-2,13-8-4-6-10-15(13)19)11-20-16(21)12-7-3-5-9-14(12)18/h3-10H,11H2,1-2H3,(H,20,21). The molecular formula is C17H17F2NO2. The molecule has 0 spiro atoms. The van der Waals surface area contributed by atoms with Crippen molar-refractivity contribution in [2.45, 2.75) is 12.5 Å². The Morgan fingerprint density at radius 1 is 1.09 bits per heavy atom. The highest BCUT2D eigenvalue weighted by atomic mass is 19.1. The van der Waals surface area contributed by atoms with Crippen molar-refractivity contribution < 1.29 is 18.3 Å². The van der Waals surface area contributed by atoms with Crippen LogP contribution in [0.1, 0.15) is 22.8 Å². The van der Waals surface area contributed by atoms with Gasteiger partial charge >= 0.3 is 0 Å². The van der Waals surface area contributed by atoms with Crippen LogP contribution in [0, 0.1) is 11.6 Å². The summed E-state index contributed by atoms with van der Waals surface area (Å²) in [5.41, 5.74) is -0.785. The summed E-state index contributed by atoms with van der Waals surface area (Å²) >= 11 is 0. The molecule has 2 aromatic rings. The first kappa shape index (κ1) is 16.1. The maximum atomic E-state index is 13.9. The van der Waals surface area contributed by atoms with E-state index < -0.39 is 23.1 Å². The highest BCUT2D eigenvalue weighted by molar-refractivity contribution is 5.94. The third kappa shape index (κ3) is 3.31. The Morgan fingerprint density at radius 3 is 2.27 bits per heavy atom. The van der Waals surface area contributed by atoms with Crippen LogP contribution in [0.5, 0.6) is 0 Å². The van der Waals surface area contributed by atoms with E-state index in [1.807, 2.05) is 0 Å². The second kappa shape index (κ2) is 6.66. The molecule has 0 bridgehead atoms. The predicted octanol–water partition coefficient (Wildman–Crippen LogP) is 3.26. The van der Waals surface area contributed by atoms with Crippen molar-refractivity contribution in [3.63, 3.8) is 0 Å². The number of rotatable bonds is 5. The fraction of sp³-hybridized carbons (Fsp3) is 0.235. The molecular weight excluding hydrogens is 288 g/mol. The maximum Gasteiger partial charge on any atom is 0.254 e. The fourth-order valence-corrected chi connectivity index (χ4v) is 2.16. The first-order valence-electron chi connectivity index (χ1n) is 6.81. The summed E-state index contributed by atoms with van der Waals surface area (Å²) in [6.07, 6.45) is 0. The van der Waals surface area contributed by atoms with E-state index in [1.54, 1.807) is 31.2 Å². The molecule has 0 aromatic heterocycles. The van der Waals surface area contributed by atoms with Crippen molar-refractivity contribution in [3.8, 4) is 0 Å². The molecule has 0 heterocycles. The number of hydrogen-bond acceptors (Lipinski definition) is 2. The Labute approximate surface area is 127 Å². The van der Waals surface area contributed by atoms with E-state index in [9.17, 15) is 13.6 Å². The number of amides is 1. The van der Waals surface area contributed by atoms with Gasteiger partial charge in [-0.05, 0) is 25.1 Å². The van der Waals surface area contributed by atoms with E-state index in [1.165, 1.54) is 31.4 Å². The first-order valence-corrected chi connectivity index (χ1v) is 6.81. The van der Waals surface area contributed by atoms with Gasteiger partial charge in [-0.1, -0.05) is 30.3 Å². The molecule has 2 rings (SSSR count). The van der Waals surface area contributed by atoms with Crippen molar-refractivity contribution in [2.75, 3.05) is 13.7 Å². The molecule has 1 unspecified atom stereocenters. The molecule has 0 aliphatic heterocycles. The van der Waals surface area contributed by atoms with Crippen LogP contribution in [-0.4, -0.2) is 19.6 Å². The molecule has 5 heteroatoms. The lowest BCUT2D eigenvalue weighted by atomic mass is 9.95. The van der Waals surface area contributed by atoms with E-state index in [0.717, 1.165) is 0 Å². The van der Waals surface area contributed by atoms with Gasteiger partial charge in [0, 0.05) is 12.7 Å². The highest BCUT2D eigenvalue weighted by Crippen LogP contribution is 2.26. The Balaban J connectivity index is 2.16. The largest absolute Gasteiger partial charge is 0.372 e. The summed E-state index contributed by atoms with van der Waals surface area (Å²) in [6.45, 7) is 1.67. The van der Waals surface area contributed by atoms with E-state index in [2.05, 4.69) is 5.32 Å². The molecule has 22 heavy (non-hydrogen) atoms. The van der Waals surface area contributed by atoms with Gasteiger partial charge in [0.25, 0.3) is 5.91 Å². The lowest BCUT2D eigenvalue weighted by Gasteiger charge is -2.29. The minimum Gasteiger partial charge on any atom is -0.372 e. The normalized spacial score (nSPS) is 13.5. The van der Waals surface area contributed by atoms with E-state index in [4.69, 9.17) is 4.74 Å². The molecule has 0 fully saturated rings. The number of ether oxygens (including phenoxy) is 1. The van der Waals surface area contributed by atoms with E-state index >= 15 is 0 Å². The molecule has 116 valence electrons. The van der Waals surface area contributed by atoms with Gasteiger partial charge in [-0.25, -0.2) is 8.78 Å². The minimum atomic E-state index is -1.05. The van der Waals surface area contributed by atoms with Gasteiger partial charge in [-0.2, -0.15) is 0 Å². The molecule has 0 aliphatic rings. The van der Waals surface area contributed by atoms with Gasteiger partial charge < -0.3 is 10.1 Å². The van der Waals surface area contributed by atoms with Gasteiger partial charge in [0.2, 0.25) is 0 Å². The van der Waals surface area contributed by atoms with Gasteiger partial charge in [0.15, 0.2) is 0 Å². The lowest BCUT2D eigenvalue weighted by molar-refractivity contribution is 0.000354. The van der Waals surface area contributed by atoms with E-state index in [-0.39, 0.29) is 12.1 Å². The van der Waals surface area contributed by atoms with E-state index in [0.29, 0.717) is 5.56 Å². The molecule has 1 N–H and O–H groups in total. The van der Waals surface area contributed by atoms with Gasteiger partial charge in [0.1, 0.15) is 17.2 Å². The van der Waals surface area contributed by atoms with Crippen LogP contribution < -0.4 is 5.32 Å². The van der Waals surface area contributed by atoms with Gasteiger partial charge in [0.05, 0.1) is 12.1 Å². The van der Waals surface area contributed by atoms with Crippen LogP contribution in [0.4, 0.5) is 8.78 Å². The number of carbonyl (C=O) groups excluding carboxylic acids is 1. The summed E-state index contributed by atoms with van der Waals surface area (Å²) < 4.78 is 32.9. The van der Waals surface area contributed by atoms with Crippen LogP contribution in [0.15, 0.2) is 48.5 Å². The number of carbonyl (C=O) groups is 1. The molecule has 1 amide bonds. The number of benzene rings is 2. The van der Waals surface area contributed by atoms with Crippen LogP contribution >= 0.6 is 0 Å². The average molecular weight is 305 g/mol. The van der Waals surface area contributed by atoms with Gasteiger partial charge in [-0.15, -0.1) is 0 Å². The molecule has 0 saturated carbocycles. The Kier molecular flexibility index (Phi) is 4.88. The molecule has 0 aliphatic carbocycles. The molecule has 3 nitrogen and oxygen atoms in total. The molecule has 1 atom stereocenters. The monoisotopic (exact) mass is 305 g/mol. The summed E-state index contributed by atoms with van der Waals surface area (Å²) in [5, 5.41) is 2.59. The third-order valence-electron chi connectivity index (χ3n) is 3.60. The zero-order valence-electron chi connectivity index (χ0n) is 12.4. The summed E-state index contributed by atoms with van der Waals surface area (Å²) in [5.74, 6) is -1.60. The van der Waals surface area contributed by atoms with Crippen molar-refractivity contribution in [2.24, 2.45) is 0 Å². The SMILES string of the molecule is COC(C)(CNC(=O)c1ccccc1F)c1ccccc1F. The first-order chi connectivity index (χ1) is 10.5. The third-order valence-corrected chi connectivity index (χ3v) is 3.60. The van der Waals surface area contributed by atoms with Crippen LogP contribution in [0.2, 0.25) is 0 Å². The molecule has 0 saturated heterocycles. The Bertz CT molecular complexity index is 675. The number of hydrogen-bond donors (Lipinski definition) is 1. The predicted molar refractivity (Wildman–Crippen MR) is 79.5 cm³/mol. The quantitative estimate of drug-likeness (QED) is 0.921. The van der Waals surface area contributed by atoms with Crippen molar-refractivity contribution in [1.29, 1.82) is 0 Å². The lowest BCUT2D eigenvalue weighted by Crippen LogP contribution is -2.40. The van der Waals surface area contributed by atoms with Crippen LogP contribution in [0.25, 0.3) is 0 Å². The summed E-state index contributed by atoms with van der Waals surface area (Å²) in [4.78, 5) is 12.0. The smallest absolute Gasteiger partial charge is 0.254 e.